The van der Waals surface area contributed by atoms with Crippen LogP contribution in [0.5, 0.6) is 23.0 Å². The maximum atomic E-state index is 9.90. The lowest BCUT2D eigenvalue weighted by atomic mass is 10.1. The fourth-order valence-electron chi connectivity index (χ4n) is 3.31. The normalized spacial score (nSPS) is 10.9. The van der Waals surface area contributed by atoms with Gasteiger partial charge in [-0.2, -0.15) is 0 Å². The van der Waals surface area contributed by atoms with Crippen molar-refractivity contribution in [2.75, 3.05) is 26.1 Å². The van der Waals surface area contributed by atoms with Crippen molar-refractivity contribution in [2.45, 2.75) is 6.42 Å². The topological polar surface area (TPSA) is 101 Å². The zero-order valence-electron chi connectivity index (χ0n) is 16.7. The minimum Gasteiger partial charge on any atom is -0.504 e. The van der Waals surface area contributed by atoms with Gasteiger partial charge in [0.1, 0.15) is 11.5 Å². The molecule has 0 bridgehead atoms. The molecule has 8 nitrogen and oxygen atoms in total. The highest BCUT2D eigenvalue weighted by Gasteiger charge is 2.15. The average Bonchev–Trinajstić information content (AvgIpc) is 3.14. The first-order valence-electron chi connectivity index (χ1n) is 9.40. The third-order valence-electron chi connectivity index (χ3n) is 4.83. The number of fused-ring (bicyclic) bond motifs is 1. The SMILES string of the molecule is COc1ccc(CCNc2c(-c3ccc(O)c(O)c3)nc3cnccn23)cc1OC. The lowest BCUT2D eigenvalue weighted by Crippen LogP contribution is -2.08. The standard InChI is InChI=1S/C22H22N4O4/c1-29-18-6-3-14(11-19(18)30-2)7-8-24-22-21(15-4-5-16(27)17(28)12-15)25-20-13-23-9-10-26(20)22/h3-6,9-13,24,27-28H,7-8H2,1-2H3. The van der Waals surface area contributed by atoms with Crippen molar-refractivity contribution >= 4 is 11.5 Å². The second kappa shape index (κ2) is 8.20. The molecule has 0 spiro atoms. The van der Waals surface area contributed by atoms with Crippen molar-refractivity contribution in [1.29, 1.82) is 0 Å². The Bertz CT molecular complexity index is 1190. The largest absolute Gasteiger partial charge is 0.504 e. The van der Waals surface area contributed by atoms with Gasteiger partial charge in [0.25, 0.3) is 0 Å². The summed E-state index contributed by atoms with van der Waals surface area (Å²) in [6.45, 7) is 0.642. The Morgan fingerprint density at radius 2 is 1.83 bits per heavy atom. The molecule has 2 aromatic heterocycles. The van der Waals surface area contributed by atoms with Gasteiger partial charge in [-0.3, -0.25) is 9.38 Å². The maximum Gasteiger partial charge on any atom is 0.160 e. The summed E-state index contributed by atoms with van der Waals surface area (Å²) in [5.74, 6) is 1.79. The molecule has 2 aromatic carbocycles. The van der Waals surface area contributed by atoms with Crippen molar-refractivity contribution in [3.05, 3.63) is 60.6 Å². The Kier molecular flexibility index (Phi) is 5.30. The fraction of sp³-hybridized carbons (Fsp3) is 0.182. The number of imidazole rings is 1. The molecule has 154 valence electrons. The average molecular weight is 406 g/mol. The lowest BCUT2D eigenvalue weighted by Gasteiger charge is -2.11. The molecule has 0 atom stereocenters. The summed E-state index contributed by atoms with van der Waals surface area (Å²) >= 11 is 0. The molecular weight excluding hydrogens is 384 g/mol. The summed E-state index contributed by atoms with van der Waals surface area (Å²) in [5.41, 5.74) is 3.11. The minimum atomic E-state index is -0.195. The first-order valence-corrected chi connectivity index (χ1v) is 9.40. The molecule has 0 unspecified atom stereocenters. The summed E-state index contributed by atoms with van der Waals surface area (Å²) < 4.78 is 12.6. The predicted molar refractivity (Wildman–Crippen MR) is 113 cm³/mol. The highest BCUT2D eigenvalue weighted by Crippen LogP contribution is 2.34. The summed E-state index contributed by atoms with van der Waals surface area (Å²) in [6.07, 6.45) is 5.93. The number of hydrogen-bond acceptors (Lipinski definition) is 7. The van der Waals surface area contributed by atoms with Crippen LogP contribution in [0, 0.1) is 0 Å². The molecule has 4 aromatic rings. The Morgan fingerprint density at radius 3 is 2.60 bits per heavy atom. The molecule has 30 heavy (non-hydrogen) atoms. The van der Waals surface area contributed by atoms with Crippen LogP contribution in [0.3, 0.4) is 0 Å². The van der Waals surface area contributed by atoms with E-state index in [9.17, 15) is 10.2 Å². The second-order valence-corrected chi connectivity index (χ2v) is 6.68. The third kappa shape index (κ3) is 3.67. The van der Waals surface area contributed by atoms with E-state index in [1.54, 1.807) is 32.7 Å². The second-order valence-electron chi connectivity index (χ2n) is 6.68. The Hall–Kier alpha value is -3.94. The molecule has 4 rings (SSSR count). The van der Waals surface area contributed by atoms with Crippen molar-refractivity contribution in [1.82, 2.24) is 14.4 Å². The minimum absolute atomic E-state index is 0.174. The summed E-state index contributed by atoms with van der Waals surface area (Å²) in [5, 5.41) is 23.0. The molecule has 3 N–H and O–H groups in total. The number of nitrogens with zero attached hydrogens (tertiary/aromatic N) is 3. The number of ether oxygens (including phenoxy) is 2. The molecule has 0 aliphatic rings. The Labute approximate surface area is 173 Å². The van der Waals surface area contributed by atoms with E-state index in [1.165, 1.54) is 12.1 Å². The van der Waals surface area contributed by atoms with Crippen LogP contribution in [0.25, 0.3) is 16.9 Å². The van der Waals surface area contributed by atoms with Crippen molar-refractivity contribution in [2.24, 2.45) is 0 Å². The molecule has 0 amide bonds. The van der Waals surface area contributed by atoms with Crippen LogP contribution in [0.2, 0.25) is 0 Å². The molecule has 2 heterocycles. The highest BCUT2D eigenvalue weighted by atomic mass is 16.5. The smallest absolute Gasteiger partial charge is 0.160 e. The lowest BCUT2D eigenvalue weighted by molar-refractivity contribution is 0.354. The van der Waals surface area contributed by atoms with Crippen LogP contribution in [-0.2, 0) is 6.42 Å². The van der Waals surface area contributed by atoms with Crippen molar-refractivity contribution in [3.8, 4) is 34.3 Å². The number of benzene rings is 2. The number of aromatic hydroxyl groups is 2. The van der Waals surface area contributed by atoms with Crippen LogP contribution in [0.1, 0.15) is 5.56 Å². The van der Waals surface area contributed by atoms with Gasteiger partial charge in [-0.25, -0.2) is 4.98 Å². The van der Waals surface area contributed by atoms with Gasteiger partial charge in [0, 0.05) is 24.5 Å². The molecule has 0 radical (unpaired) electrons. The number of nitrogens with one attached hydrogen (secondary N) is 1. The molecule has 0 aliphatic carbocycles. The molecule has 0 saturated heterocycles. The third-order valence-corrected chi connectivity index (χ3v) is 4.83. The number of methoxy groups -OCH3 is 2. The van der Waals surface area contributed by atoms with Gasteiger partial charge in [-0.05, 0) is 42.3 Å². The summed E-state index contributed by atoms with van der Waals surface area (Å²) in [7, 11) is 3.23. The fourth-order valence-corrected chi connectivity index (χ4v) is 3.31. The maximum absolute atomic E-state index is 9.90. The predicted octanol–water partition coefficient (Wildman–Crippen LogP) is 3.48. The molecule has 8 heteroatoms. The van der Waals surface area contributed by atoms with E-state index in [1.807, 2.05) is 28.8 Å². The zero-order valence-corrected chi connectivity index (χ0v) is 16.7. The van der Waals surface area contributed by atoms with Crippen LogP contribution < -0.4 is 14.8 Å². The van der Waals surface area contributed by atoms with Gasteiger partial charge in [0.15, 0.2) is 28.6 Å². The Balaban J connectivity index is 1.61. The molecule has 0 aliphatic heterocycles. The number of anilines is 1. The number of aromatic nitrogens is 3. The first kappa shape index (κ1) is 19.4. The van der Waals surface area contributed by atoms with Gasteiger partial charge < -0.3 is 25.0 Å². The van der Waals surface area contributed by atoms with E-state index < -0.39 is 0 Å². The number of phenols is 2. The van der Waals surface area contributed by atoms with E-state index in [2.05, 4.69) is 15.3 Å². The van der Waals surface area contributed by atoms with Gasteiger partial charge >= 0.3 is 0 Å². The number of hydrogen-bond donors (Lipinski definition) is 3. The summed E-state index contributed by atoms with van der Waals surface area (Å²) in [4.78, 5) is 8.77. The van der Waals surface area contributed by atoms with Crippen LogP contribution in [-0.4, -0.2) is 45.3 Å². The van der Waals surface area contributed by atoms with Crippen LogP contribution in [0.4, 0.5) is 5.82 Å². The number of phenolic OH excluding ortho intramolecular Hbond substituents is 2. The highest BCUT2D eigenvalue weighted by molar-refractivity contribution is 5.77. The van der Waals surface area contributed by atoms with Crippen molar-refractivity contribution < 1.29 is 19.7 Å². The van der Waals surface area contributed by atoms with Crippen molar-refractivity contribution in [3.63, 3.8) is 0 Å². The molecular formula is C22H22N4O4. The Morgan fingerprint density at radius 1 is 1.00 bits per heavy atom. The van der Waals surface area contributed by atoms with E-state index >= 15 is 0 Å². The zero-order chi connectivity index (χ0) is 21.1. The van der Waals surface area contributed by atoms with Gasteiger partial charge in [0.05, 0.1) is 20.4 Å². The van der Waals surface area contributed by atoms with Crippen LogP contribution in [0.15, 0.2) is 55.0 Å². The van der Waals surface area contributed by atoms with Gasteiger partial charge in [-0.1, -0.05) is 6.07 Å². The van der Waals surface area contributed by atoms with E-state index in [4.69, 9.17) is 9.47 Å². The quantitative estimate of drug-likeness (QED) is 0.404. The first-order chi connectivity index (χ1) is 14.6. The molecule has 0 saturated carbocycles. The van der Waals surface area contributed by atoms with E-state index in [-0.39, 0.29) is 11.5 Å². The van der Waals surface area contributed by atoms with Crippen LogP contribution >= 0.6 is 0 Å². The summed E-state index contributed by atoms with van der Waals surface area (Å²) in [6, 6.07) is 10.5. The van der Waals surface area contributed by atoms with Gasteiger partial charge in [0.2, 0.25) is 0 Å². The number of rotatable bonds is 7. The van der Waals surface area contributed by atoms with E-state index in [0.29, 0.717) is 34.9 Å². The monoisotopic (exact) mass is 406 g/mol. The van der Waals surface area contributed by atoms with Gasteiger partial charge in [-0.15, -0.1) is 0 Å². The van der Waals surface area contributed by atoms with E-state index in [0.717, 1.165) is 17.8 Å². The molecule has 0 fully saturated rings.